The summed E-state index contributed by atoms with van der Waals surface area (Å²) >= 11 is 0. The lowest BCUT2D eigenvalue weighted by molar-refractivity contribution is 0.182. The summed E-state index contributed by atoms with van der Waals surface area (Å²) in [6.45, 7) is 11.0. The van der Waals surface area contributed by atoms with E-state index in [-0.39, 0.29) is 0 Å². The van der Waals surface area contributed by atoms with Gasteiger partial charge in [-0.05, 0) is 72.7 Å². The molecule has 1 unspecified atom stereocenters. The number of rotatable bonds is 11. The molecule has 8 nitrogen and oxygen atoms in total. The summed E-state index contributed by atoms with van der Waals surface area (Å²) in [5, 5.41) is 8.85. The van der Waals surface area contributed by atoms with Crippen LogP contribution < -0.4 is 14.4 Å². The van der Waals surface area contributed by atoms with Gasteiger partial charge in [-0.3, -0.25) is 14.5 Å². The highest BCUT2D eigenvalue weighted by Crippen LogP contribution is 2.48. The monoisotopic (exact) mass is 592 g/mol. The molecule has 7 rings (SSSR count). The molecule has 0 N–H and O–H groups in total. The summed E-state index contributed by atoms with van der Waals surface area (Å²) < 4.78 is 14.0. The average Bonchev–Trinajstić information content (AvgIpc) is 3.53. The van der Waals surface area contributed by atoms with Gasteiger partial charge in [-0.1, -0.05) is 54.6 Å². The molecule has 4 aromatic rings. The van der Waals surface area contributed by atoms with Crippen molar-refractivity contribution >= 4 is 5.69 Å². The van der Waals surface area contributed by atoms with Gasteiger partial charge in [-0.2, -0.15) is 0 Å². The van der Waals surface area contributed by atoms with Gasteiger partial charge in [0.2, 0.25) is 0 Å². The van der Waals surface area contributed by atoms with Crippen molar-refractivity contribution in [2.24, 2.45) is 0 Å². The van der Waals surface area contributed by atoms with E-state index in [1.165, 1.54) is 39.9 Å². The Morgan fingerprint density at radius 3 is 2.52 bits per heavy atom. The van der Waals surface area contributed by atoms with Crippen molar-refractivity contribution in [2.75, 3.05) is 57.8 Å². The zero-order valence-corrected chi connectivity index (χ0v) is 26.1. The van der Waals surface area contributed by atoms with Crippen LogP contribution in [0, 0.1) is 0 Å². The highest BCUT2D eigenvalue weighted by molar-refractivity contribution is 5.80. The quantitative estimate of drug-likeness (QED) is 0.224. The first-order chi connectivity index (χ1) is 21.7. The maximum Gasteiger partial charge on any atom is 0.142 e. The molecule has 1 aliphatic carbocycles. The zero-order chi connectivity index (χ0) is 29.9. The second-order valence-corrected chi connectivity index (χ2v) is 12.3. The second-order valence-electron chi connectivity index (χ2n) is 12.3. The van der Waals surface area contributed by atoms with Crippen molar-refractivity contribution < 1.29 is 9.47 Å². The van der Waals surface area contributed by atoms with Gasteiger partial charge >= 0.3 is 0 Å². The molecule has 44 heavy (non-hydrogen) atoms. The Kier molecular flexibility index (Phi) is 8.53. The SMILES string of the molecule is CCCN1CCc2cccc3c2C1Cc1cccc(OCc2cn(CCCN4CCN(c5ccccc5OC)CC4)nn2)c1-3. The largest absolute Gasteiger partial charge is 0.495 e. The molecule has 8 heteroatoms. The number of hydrogen-bond donors (Lipinski definition) is 0. The van der Waals surface area contributed by atoms with E-state index in [9.17, 15) is 0 Å². The van der Waals surface area contributed by atoms with Crippen LogP contribution in [0.4, 0.5) is 5.69 Å². The van der Waals surface area contributed by atoms with Gasteiger partial charge < -0.3 is 14.4 Å². The molecule has 3 aromatic carbocycles. The molecule has 0 saturated carbocycles. The number of hydrogen-bond acceptors (Lipinski definition) is 7. The normalized spacial score (nSPS) is 18.1. The smallest absolute Gasteiger partial charge is 0.142 e. The summed E-state index contributed by atoms with van der Waals surface area (Å²) in [5.41, 5.74) is 9.06. The summed E-state index contributed by atoms with van der Waals surface area (Å²) in [5.74, 6) is 1.90. The lowest BCUT2D eigenvalue weighted by atomic mass is 9.77. The second kappa shape index (κ2) is 13.0. The molecule has 1 fully saturated rings. The molecule has 0 radical (unpaired) electrons. The van der Waals surface area contributed by atoms with Crippen molar-refractivity contribution in [1.29, 1.82) is 0 Å². The summed E-state index contributed by atoms with van der Waals surface area (Å²) in [4.78, 5) is 7.65. The fraction of sp³-hybridized carbons (Fsp3) is 0.444. The number of piperazine rings is 1. The number of benzene rings is 3. The summed E-state index contributed by atoms with van der Waals surface area (Å²) in [6.07, 6.45) is 6.44. The highest BCUT2D eigenvalue weighted by atomic mass is 16.5. The number of nitrogens with zero attached hydrogens (tertiary/aromatic N) is 6. The Labute approximate surface area is 261 Å². The van der Waals surface area contributed by atoms with Crippen LogP contribution in [-0.4, -0.2) is 77.7 Å². The first-order valence-electron chi connectivity index (χ1n) is 16.3. The van der Waals surface area contributed by atoms with Crippen LogP contribution in [-0.2, 0) is 26.0 Å². The minimum Gasteiger partial charge on any atom is -0.495 e. The molecule has 2 aliphatic heterocycles. The van der Waals surface area contributed by atoms with Crippen molar-refractivity contribution in [3.8, 4) is 22.6 Å². The number of methoxy groups -OCH3 is 1. The molecule has 0 amide bonds. The van der Waals surface area contributed by atoms with E-state index in [1.54, 1.807) is 7.11 Å². The predicted octanol–water partition coefficient (Wildman–Crippen LogP) is 5.61. The van der Waals surface area contributed by atoms with E-state index in [0.29, 0.717) is 12.6 Å². The summed E-state index contributed by atoms with van der Waals surface area (Å²) in [7, 11) is 1.75. The van der Waals surface area contributed by atoms with Gasteiger partial charge in [0.05, 0.1) is 19.0 Å². The first kappa shape index (κ1) is 28.9. The Hall–Kier alpha value is -3.88. The third kappa shape index (κ3) is 5.81. The molecular weight excluding hydrogens is 548 g/mol. The average molecular weight is 593 g/mol. The molecule has 3 heterocycles. The van der Waals surface area contributed by atoms with Crippen LogP contribution in [0.2, 0.25) is 0 Å². The Balaban J connectivity index is 0.941. The molecule has 3 aliphatic rings. The van der Waals surface area contributed by atoms with E-state index < -0.39 is 0 Å². The maximum atomic E-state index is 6.47. The van der Waals surface area contributed by atoms with Gasteiger partial charge in [-0.25, -0.2) is 0 Å². The molecule has 1 atom stereocenters. The number of aromatic nitrogens is 3. The van der Waals surface area contributed by atoms with E-state index >= 15 is 0 Å². The number of ether oxygens (including phenoxy) is 2. The molecule has 0 spiro atoms. The number of para-hydroxylation sites is 2. The van der Waals surface area contributed by atoms with Crippen molar-refractivity contribution in [2.45, 2.75) is 51.8 Å². The van der Waals surface area contributed by atoms with Gasteiger partial charge in [0, 0.05) is 57.4 Å². The Morgan fingerprint density at radius 2 is 1.66 bits per heavy atom. The summed E-state index contributed by atoms with van der Waals surface area (Å²) in [6, 6.07) is 22.1. The first-order valence-corrected chi connectivity index (χ1v) is 16.3. The third-order valence-corrected chi connectivity index (χ3v) is 9.57. The van der Waals surface area contributed by atoms with Gasteiger partial charge in [0.15, 0.2) is 0 Å². The molecule has 1 saturated heterocycles. The highest BCUT2D eigenvalue weighted by Gasteiger charge is 2.35. The van der Waals surface area contributed by atoms with Crippen molar-refractivity contribution in [3.05, 3.63) is 89.2 Å². The van der Waals surface area contributed by atoms with Gasteiger partial charge in [0.1, 0.15) is 23.8 Å². The van der Waals surface area contributed by atoms with E-state index in [0.717, 1.165) is 88.8 Å². The zero-order valence-electron chi connectivity index (χ0n) is 26.1. The lowest BCUT2D eigenvalue weighted by Gasteiger charge is -2.42. The van der Waals surface area contributed by atoms with E-state index in [1.807, 2.05) is 23.0 Å². The molecule has 0 bridgehead atoms. The van der Waals surface area contributed by atoms with E-state index in [4.69, 9.17) is 9.47 Å². The molecular formula is C36H44N6O2. The Bertz CT molecular complexity index is 1580. The Morgan fingerprint density at radius 1 is 0.841 bits per heavy atom. The lowest BCUT2D eigenvalue weighted by Crippen LogP contribution is -2.46. The van der Waals surface area contributed by atoms with Crippen LogP contribution >= 0.6 is 0 Å². The predicted molar refractivity (Wildman–Crippen MR) is 175 cm³/mol. The minimum atomic E-state index is 0.418. The van der Waals surface area contributed by atoms with E-state index in [2.05, 4.69) is 80.5 Å². The third-order valence-electron chi connectivity index (χ3n) is 9.57. The molecule has 1 aromatic heterocycles. The fourth-order valence-corrected chi connectivity index (χ4v) is 7.44. The van der Waals surface area contributed by atoms with Gasteiger partial charge in [-0.15, -0.1) is 5.10 Å². The van der Waals surface area contributed by atoms with Crippen LogP contribution in [0.1, 0.15) is 48.2 Å². The van der Waals surface area contributed by atoms with Crippen LogP contribution in [0.25, 0.3) is 11.1 Å². The number of aryl methyl sites for hydroxylation is 1. The topological polar surface area (TPSA) is 58.9 Å². The van der Waals surface area contributed by atoms with Crippen LogP contribution in [0.5, 0.6) is 11.5 Å². The van der Waals surface area contributed by atoms with Gasteiger partial charge in [0.25, 0.3) is 0 Å². The maximum absolute atomic E-state index is 6.47. The van der Waals surface area contributed by atoms with Crippen LogP contribution in [0.3, 0.4) is 0 Å². The fourth-order valence-electron chi connectivity index (χ4n) is 7.44. The number of fused-ring (bicyclic) bond motifs is 2. The molecule has 230 valence electrons. The minimum absolute atomic E-state index is 0.418. The standard InChI is InChI=1S/C36H44N6O2/c1-3-16-40-19-15-27-9-6-11-30-35(27)32(40)24-28-10-7-14-34(36(28)30)44-26-29-25-42(38-37-29)18-8-17-39-20-22-41(23-21-39)31-12-4-5-13-33(31)43-2/h4-7,9-14,25,32H,3,8,15-24,26H2,1-2H3. The van der Waals surface area contributed by atoms with Crippen molar-refractivity contribution in [1.82, 2.24) is 24.8 Å². The van der Waals surface area contributed by atoms with Crippen LogP contribution in [0.15, 0.2) is 66.9 Å². The van der Waals surface area contributed by atoms with Crippen molar-refractivity contribution in [3.63, 3.8) is 0 Å². The number of anilines is 1.